The van der Waals surface area contributed by atoms with Gasteiger partial charge in [-0.25, -0.2) is 9.36 Å². The molecule has 0 bridgehead atoms. The lowest BCUT2D eigenvalue weighted by Gasteiger charge is -2.05. The summed E-state index contributed by atoms with van der Waals surface area (Å²) in [7, 11) is 1.63. The van der Waals surface area contributed by atoms with Crippen LogP contribution >= 0.6 is 0 Å². The van der Waals surface area contributed by atoms with Crippen molar-refractivity contribution in [1.82, 2.24) is 4.57 Å². The molecule has 28 heavy (non-hydrogen) atoms. The Bertz CT molecular complexity index is 1140. The van der Waals surface area contributed by atoms with Gasteiger partial charge < -0.3 is 9.15 Å². The quantitative estimate of drug-likeness (QED) is 0.472. The number of methoxy groups -OCH3 is 1. The Hall–Kier alpha value is -3.79. The van der Waals surface area contributed by atoms with Crippen molar-refractivity contribution in [2.24, 2.45) is 0 Å². The van der Waals surface area contributed by atoms with Crippen LogP contribution in [0.2, 0.25) is 0 Å². The van der Waals surface area contributed by atoms with E-state index in [4.69, 9.17) is 9.15 Å². The van der Waals surface area contributed by atoms with Crippen LogP contribution < -0.4 is 10.5 Å². The highest BCUT2D eigenvalue weighted by atomic mass is 16.5. The molecule has 0 fully saturated rings. The maximum absolute atomic E-state index is 12.7. The second-order valence-electron chi connectivity index (χ2n) is 6.24. The molecule has 0 radical (unpaired) electrons. The van der Waals surface area contributed by atoms with Gasteiger partial charge >= 0.3 is 5.76 Å². The molecular formula is C24H19NO3. The molecule has 0 spiro atoms. The molecule has 4 nitrogen and oxygen atoms in total. The minimum atomic E-state index is -0.428. The number of benzene rings is 3. The molecule has 4 heteroatoms. The summed E-state index contributed by atoms with van der Waals surface area (Å²) in [6.45, 7) is 0. The van der Waals surface area contributed by atoms with Gasteiger partial charge in [0.25, 0.3) is 0 Å². The zero-order chi connectivity index (χ0) is 19.3. The molecule has 0 saturated carbocycles. The molecule has 4 rings (SSSR count). The number of hydrogen-bond donors (Lipinski definition) is 0. The first-order chi connectivity index (χ1) is 13.8. The highest BCUT2D eigenvalue weighted by Crippen LogP contribution is 2.31. The molecule has 0 aliphatic heterocycles. The summed E-state index contributed by atoms with van der Waals surface area (Å²) >= 11 is 0. The van der Waals surface area contributed by atoms with Crippen LogP contribution in [-0.4, -0.2) is 11.7 Å². The zero-order valence-electron chi connectivity index (χ0n) is 15.4. The molecule has 0 amide bonds. The van der Waals surface area contributed by atoms with E-state index in [0.717, 1.165) is 28.1 Å². The Morgan fingerprint density at radius 2 is 1.43 bits per heavy atom. The fourth-order valence-corrected chi connectivity index (χ4v) is 3.05. The zero-order valence-corrected chi connectivity index (χ0v) is 15.4. The molecular weight excluding hydrogens is 350 g/mol. The lowest BCUT2D eigenvalue weighted by molar-refractivity contribution is 0.415. The normalized spacial score (nSPS) is 11.0. The number of oxazole rings is 1. The van der Waals surface area contributed by atoms with Crippen LogP contribution in [0.5, 0.6) is 5.75 Å². The van der Waals surface area contributed by atoms with Gasteiger partial charge in [-0.05, 0) is 23.8 Å². The Kier molecular flexibility index (Phi) is 4.93. The van der Waals surface area contributed by atoms with Gasteiger partial charge in [0.15, 0.2) is 5.76 Å². The van der Waals surface area contributed by atoms with Crippen LogP contribution in [0.15, 0.2) is 94.1 Å². The molecule has 4 aromatic rings. The predicted octanol–water partition coefficient (Wildman–Crippen LogP) is 5.41. The van der Waals surface area contributed by atoms with Crippen molar-refractivity contribution in [3.05, 3.63) is 101 Å². The maximum Gasteiger partial charge on any atom is 0.424 e. The monoisotopic (exact) mass is 369 g/mol. The van der Waals surface area contributed by atoms with Crippen molar-refractivity contribution in [3.63, 3.8) is 0 Å². The third-order valence-electron chi connectivity index (χ3n) is 4.46. The first kappa shape index (κ1) is 17.6. The minimum Gasteiger partial charge on any atom is -0.497 e. The van der Waals surface area contributed by atoms with Crippen molar-refractivity contribution < 1.29 is 9.15 Å². The summed E-state index contributed by atoms with van der Waals surface area (Å²) < 4.78 is 12.4. The fourth-order valence-electron chi connectivity index (χ4n) is 3.05. The summed E-state index contributed by atoms with van der Waals surface area (Å²) in [4.78, 5) is 12.7. The summed E-state index contributed by atoms with van der Waals surface area (Å²) in [5.41, 5.74) is 3.44. The lowest BCUT2D eigenvalue weighted by Crippen LogP contribution is -2.09. The van der Waals surface area contributed by atoms with Gasteiger partial charge in [-0.2, -0.15) is 0 Å². The average Bonchev–Trinajstić information content (AvgIpc) is 3.10. The topological polar surface area (TPSA) is 44.4 Å². The van der Waals surface area contributed by atoms with Crippen LogP contribution in [-0.2, 0) is 0 Å². The Morgan fingerprint density at radius 1 is 0.821 bits per heavy atom. The van der Waals surface area contributed by atoms with Gasteiger partial charge in [0, 0.05) is 17.3 Å². The molecule has 1 heterocycles. The number of ether oxygens (including phenoxy) is 1. The lowest BCUT2D eigenvalue weighted by atomic mass is 10.1. The molecule has 0 saturated heterocycles. The van der Waals surface area contributed by atoms with Gasteiger partial charge in [-0.1, -0.05) is 72.8 Å². The number of hydrogen-bond acceptors (Lipinski definition) is 3. The average molecular weight is 369 g/mol. The van der Waals surface area contributed by atoms with Crippen LogP contribution in [0.25, 0.3) is 34.9 Å². The maximum atomic E-state index is 12.7. The fraction of sp³-hybridized carbons (Fsp3) is 0.0417. The van der Waals surface area contributed by atoms with Crippen LogP contribution in [0.1, 0.15) is 5.56 Å². The van der Waals surface area contributed by atoms with Crippen molar-refractivity contribution in [3.8, 4) is 28.3 Å². The second-order valence-corrected chi connectivity index (χ2v) is 6.24. The van der Waals surface area contributed by atoms with E-state index in [1.54, 1.807) is 17.9 Å². The summed E-state index contributed by atoms with van der Waals surface area (Å²) in [5.74, 6) is 0.910. The van der Waals surface area contributed by atoms with Crippen molar-refractivity contribution in [2.45, 2.75) is 0 Å². The minimum absolute atomic E-state index is 0.428. The van der Waals surface area contributed by atoms with E-state index in [1.807, 2.05) is 91.0 Å². The van der Waals surface area contributed by atoms with E-state index in [9.17, 15) is 4.79 Å². The van der Waals surface area contributed by atoms with Crippen molar-refractivity contribution in [1.29, 1.82) is 0 Å². The summed E-state index contributed by atoms with van der Waals surface area (Å²) in [5, 5.41) is 0. The molecule has 3 aromatic carbocycles. The van der Waals surface area contributed by atoms with E-state index in [-0.39, 0.29) is 0 Å². The van der Waals surface area contributed by atoms with E-state index in [0.29, 0.717) is 5.76 Å². The Labute approximate surface area is 163 Å². The van der Waals surface area contributed by atoms with Crippen LogP contribution in [0, 0.1) is 0 Å². The molecule has 0 unspecified atom stereocenters. The molecule has 0 aliphatic rings. The third kappa shape index (κ3) is 3.53. The molecule has 1 aromatic heterocycles. The highest BCUT2D eigenvalue weighted by Gasteiger charge is 2.18. The Morgan fingerprint density at radius 3 is 2.04 bits per heavy atom. The smallest absolute Gasteiger partial charge is 0.424 e. The Balaban J connectivity index is 1.83. The van der Waals surface area contributed by atoms with Crippen LogP contribution in [0.3, 0.4) is 0 Å². The summed E-state index contributed by atoms with van der Waals surface area (Å²) in [6, 6.07) is 27.0. The third-order valence-corrected chi connectivity index (χ3v) is 4.46. The van der Waals surface area contributed by atoms with Gasteiger partial charge in [0.1, 0.15) is 11.4 Å². The van der Waals surface area contributed by atoms with E-state index >= 15 is 0 Å². The first-order valence-electron chi connectivity index (χ1n) is 8.94. The second kappa shape index (κ2) is 7.84. The van der Waals surface area contributed by atoms with Gasteiger partial charge in [-0.3, -0.25) is 0 Å². The van der Waals surface area contributed by atoms with Gasteiger partial charge in [0.2, 0.25) is 0 Å². The molecule has 0 aliphatic carbocycles. The SMILES string of the molecule is COc1ccc(/C=C/n2c(-c3ccccc3)c(-c3ccccc3)oc2=O)cc1. The molecule has 138 valence electrons. The van der Waals surface area contributed by atoms with Crippen LogP contribution in [0.4, 0.5) is 0 Å². The first-order valence-corrected chi connectivity index (χ1v) is 8.94. The van der Waals surface area contributed by atoms with E-state index in [1.165, 1.54) is 0 Å². The van der Waals surface area contributed by atoms with Crippen molar-refractivity contribution >= 4 is 12.3 Å². The van der Waals surface area contributed by atoms with E-state index in [2.05, 4.69) is 0 Å². The van der Waals surface area contributed by atoms with Crippen molar-refractivity contribution in [2.75, 3.05) is 7.11 Å². The van der Waals surface area contributed by atoms with Gasteiger partial charge in [0.05, 0.1) is 7.11 Å². The highest BCUT2D eigenvalue weighted by molar-refractivity contribution is 5.79. The largest absolute Gasteiger partial charge is 0.497 e. The number of aromatic nitrogens is 1. The number of rotatable bonds is 5. The predicted molar refractivity (Wildman–Crippen MR) is 112 cm³/mol. The molecule has 0 atom stereocenters. The molecule has 0 N–H and O–H groups in total. The van der Waals surface area contributed by atoms with E-state index < -0.39 is 5.76 Å². The summed E-state index contributed by atoms with van der Waals surface area (Å²) in [6.07, 6.45) is 3.61. The number of nitrogens with zero attached hydrogens (tertiary/aromatic N) is 1. The standard InChI is InChI=1S/C24H19NO3/c1-27-21-14-12-18(13-15-21)16-17-25-22(19-8-4-2-5-9-19)23(28-24(25)26)20-10-6-3-7-11-20/h2-17H,1H3/b17-16+. The van der Waals surface area contributed by atoms with Gasteiger partial charge in [-0.15, -0.1) is 0 Å².